The number of hydrogen-bond acceptors (Lipinski definition) is 4. The number of fused-ring (bicyclic) bond motifs is 3. The molecular formula is C27H24ClN3O3S. The molecule has 1 N–H and O–H groups in total. The van der Waals surface area contributed by atoms with E-state index in [0.717, 1.165) is 27.1 Å². The van der Waals surface area contributed by atoms with Crippen molar-refractivity contribution >= 4 is 51.8 Å². The number of nitrogens with one attached hydrogen (secondary N) is 1. The number of hydrogen-bond donors (Lipinski definition) is 1. The Kier molecular flexibility index (Phi) is 6.45. The Morgan fingerprint density at radius 3 is 2.57 bits per heavy atom. The maximum absolute atomic E-state index is 13.9. The average Bonchev–Trinajstić information content (AvgIpc) is 3.06. The Hall–Kier alpha value is -3.42. The van der Waals surface area contributed by atoms with Gasteiger partial charge in [0.05, 0.1) is 17.9 Å². The first-order chi connectivity index (χ1) is 17.0. The zero-order valence-electron chi connectivity index (χ0n) is 19.3. The zero-order chi connectivity index (χ0) is 24.5. The van der Waals surface area contributed by atoms with Crippen LogP contribution in [0.1, 0.15) is 17.2 Å². The summed E-state index contributed by atoms with van der Waals surface area (Å²) >= 11 is 7.58. The minimum absolute atomic E-state index is 0.143. The third-order valence-corrected chi connectivity index (χ3v) is 7.63. The molecule has 0 aliphatic carbocycles. The topological polar surface area (TPSA) is 63.6 Å². The van der Waals surface area contributed by atoms with E-state index < -0.39 is 6.04 Å². The number of halogens is 1. The fraction of sp³-hybridized carbons (Fsp3) is 0.185. The van der Waals surface area contributed by atoms with Crippen molar-refractivity contribution in [2.45, 2.75) is 17.6 Å². The number of rotatable bonds is 5. The molecule has 2 amide bonds. The van der Waals surface area contributed by atoms with Gasteiger partial charge >= 0.3 is 0 Å². The quantitative estimate of drug-likeness (QED) is 0.398. The molecule has 2 heterocycles. The lowest BCUT2D eigenvalue weighted by atomic mass is 10.0. The number of aryl methyl sites for hydroxylation is 1. The molecule has 0 spiro atoms. The van der Waals surface area contributed by atoms with Gasteiger partial charge in [-0.25, -0.2) is 0 Å². The number of amides is 2. The van der Waals surface area contributed by atoms with Crippen LogP contribution >= 0.6 is 23.4 Å². The van der Waals surface area contributed by atoms with E-state index >= 15 is 0 Å². The molecule has 0 saturated heterocycles. The third kappa shape index (κ3) is 4.26. The molecule has 5 rings (SSSR count). The van der Waals surface area contributed by atoms with Crippen LogP contribution in [0, 0.1) is 0 Å². The summed E-state index contributed by atoms with van der Waals surface area (Å²) in [5.74, 6) is 0.505. The number of nitrogens with zero attached hydrogens (tertiary/aromatic N) is 2. The Bertz CT molecular complexity index is 1420. The molecule has 0 radical (unpaired) electrons. The van der Waals surface area contributed by atoms with Crippen LogP contribution in [-0.4, -0.2) is 29.2 Å². The van der Waals surface area contributed by atoms with Crippen molar-refractivity contribution in [1.82, 2.24) is 9.88 Å². The monoisotopic (exact) mass is 505 g/mol. The fourth-order valence-corrected chi connectivity index (χ4v) is 5.78. The average molecular weight is 506 g/mol. The van der Waals surface area contributed by atoms with Gasteiger partial charge in [-0.1, -0.05) is 59.8 Å². The first kappa shape index (κ1) is 23.3. The van der Waals surface area contributed by atoms with Gasteiger partial charge in [-0.2, -0.15) is 0 Å². The Morgan fingerprint density at radius 2 is 1.80 bits per heavy atom. The van der Waals surface area contributed by atoms with E-state index in [2.05, 4.69) is 9.88 Å². The highest BCUT2D eigenvalue weighted by Crippen LogP contribution is 2.43. The highest BCUT2D eigenvalue weighted by atomic mass is 35.5. The predicted octanol–water partition coefficient (Wildman–Crippen LogP) is 5.34. The van der Waals surface area contributed by atoms with Crippen molar-refractivity contribution < 1.29 is 14.3 Å². The van der Waals surface area contributed by atoms with Crippen molar-refractivity contribution in [3.63, 3.8) is 0 Å². The summed E-state index contributed by atoms with van der Waals surface area (Å²) < 4.78 is 7.51. The number of ether oxygens (including phenoxy) is 1. The number of benzene rings is 3. The summed E-state index contributed by atoms with van der Waals surface area (Å²) in [5, 5.41) is 5.48. The number of thioether (sulfide) groups is 1. The number of aromatic nitrogens is 1. The van der Waals surface area contributed by atoms with Crippen LogP contribution in [0.25, 0.3) is 10.9 Å². The first-order valence-corrected chi connectivity index (χ1v) is 12.5. The van der Waals surface area contributed by atoms with Gasteiger partial charge in [0.2, 0.25) is 11.8 Å². The van der Waals surface area contributed by atoms with Gasteiger partial charge in [0.25, 0.3) is 0 Å². The summed E-state index contributed by atoms with van der Waals surface area (Å²) in [6.07, 6.45) is 0. The third-order valence-electron chi connectivity index (χ3n) is 6.22. The molecule has 35 heavy (non-hydrogen) atoms. The van der Waals surface area contributed by atoms with Crippen molar-refractivity contribution in [2.24, 2.45) is 7.05 Å². The van der Waals surface area contributed by atoms with E-state index in [9.17, 15) is 9.59 Å². The summed E-state index contributed by atoms with van der Waals surface area (Å²) in [7, 11) is 3.58. The molecule has 1 unspecified atom stereocenters. The standard InChI is InChI=1S/C27H24ClN3O3S/c1-30-21-9-5-4-8-20(21)24-25(26(33)29-15-17-7-3-6-10-22(17)34-2)31(23(32)16-35-27(24)30)19-13-11-18(28)12-14-19/h3-14,25H,15-16H2,1-2H3,(H,29,33). The molecule has 1 aromatic heterocycles. The molecule has 4 aromatic rings. The van der Waals surface area contributed by atoms with E-state index in [1.807, 2.05) is 55.6 Å². The number of para-hydroxylation sites is 2. The first-order valence-electron chi connectivity index (χ1n) is 11.2. The Morgan fingerprint density at radius 1 is 1.09 bits per heavy atom. The number of anilines is 1. The fourth-order valence-electron chi connectivity index (χ4n) is 4.58. The van der Waals surface area contributed by atoms with E-state index in [1.54, 1.807) is 36.3 Å². The summed E-state index contributed by atoms with van der Waals surface area (Å²) in [6.45, 7) is 0.273. The Balaban J connectivity index is 1.63. The van der Waals surface area contributed by atoms with Gasteiger partial charge in [-0.3, -0.25) is 14.5 Å². The molecule has 3 aromatic carbocycles. The van der Waals surface area contributed by atoms with Crippen molar-refractivity contribution in [1.29, 1.82) is 0 Å². The largest absolute Gasteiger partial charge is 0.496 e. The number of methoxy groups -OCH3 is 1. The van der Waals surface area contributed by atoms with Gasteiger partial charge < -0.3 is 14.6 Å². The molecule has 1 atom stereocenters. The lowest BCUT2D eigenvalue weighted by molar-refractivity contribution is -0.125. The molecule has 6 nitrogen and oxygen atoms in total. The van der Waals surface area contributed by atoms with Crippen molar-refractivity contribution in [3.05, 3.63) is 88.9 Å². The molecular weight excluding hydrogens is 482 g/mol. The zero-order valence-corrected chi connectivity index (χ0v) is 20.9. The van der Waals surface area contributed by atoms with Crippen LogP contribution in [0.3, 0.4) is 0 Å². The Labute approximate surface area is 212 Å². The lowest BCUT2D eigenvalue weighted by Gasteiger charge is -2.30. The summed E-state index contributed by atoms with van der Waals surface area (Å²) in [4.78, 5) is 29.0. The maximum atomic E-state index is 13.9. The van der Waals surface area contributed by atoms with Gasteiger partial charge in [-0.05, 0) is 36.4 Å². The summed E-state index contributed by atoms with van der Waals surface area (Å²) in [5.41, 5.74) is 3.32. The molecule has 178 valence electrons. The molecule has 0 saturated carbocycles. The predicted molar refractivity (Wildman–Crippen MR) is 140 cm³/mol. The van der Waals surface area contributed by atoms with Crippen LogP contribution in [0.5, 0.6) is 5.75 Å². The second-order valence-corrected chi connectivity index (χ2v) is 9.66. The van der Waals surface area contributed by atoms with E-state index in [1.165, 1.54) is 11.8 Å². The molecule has 8 heteroatoms. The molecule has 1 aliphatic heterocycles. The van der Waals surface area contributed by atoms with Crippen molar-refractivity contribution in [3.8, 4) is 5.75 Å². The van der Waals surface area contributed by atoms with E-state index in [-0.39, 0.29) is 24.1 Å². The van der Waals surface area contributed by atoms with Gasteiger partial charge in [0.15, 0.2) is 0 Å². The van der Waals surface area contributed by atoms with Crippen LogP contribution in [-0.2, 0) is 23.2 Å². The minimum atomic E-state index is -0.852. The van der Waals surface area contributed by atoms with Crippen molar-refractivity contribution in [2.75, 3.05) is 17.8 Å². The van der Waals surface area contributed by atoms with Crippen LogP contribution in [0.4, 0.5) is 5.69 Å². The highest BCUT2D eigenvalue weighted by molar-refractivity contribution is 8.00. The normalized spacial score (nSPS) is 15.6. The lowest BCUT2D eigenvalue weighted by Crippen LogP contribution is -2.43. The van der Waals surface area contributed by atoms with Gasteiger partial charge in [0.1, 0.15) is 11.8 Å². The van der Waals surface area contributed by atoms with Crippen LogP contribution in [0.2, 0.25) is 5.02 Å². The smallest absolute Gasteiger partial charge is 0.248 e. The molecule has 0 fully saturated rings. The number of carbonyl (C=O) groups is 2. The van der Waals surface area contributed by atoms with E-state index in [0.29, 0.717) is 16.5 Å². The SMILES string of the molecule is COc1ccccc1CNC(=O)C1c2c(n(C)c3ccccc23)SCC(=O)N1c1ccc(Cl)cc1. The second kappa shape index (κ2) is 9.68. The van der Waals surface area contributed by atoms with Crippen LogP contribution in [0.15, 0.2) is 77.8 Å². The second-order valence-electron chi connectivity index (χ2n) is 8.26. The minimum Gasteiger partial charge on any atom is -0.496 e. The van der Waals surface area contributed by atoms with Gasteiger partial charge in [0, 0.05) is 46.3 Å². The molecule has 1 aliphatic rings. The molecule has 0 bridgehead atoms. The van der Waals surface area contributed by atoms with Gasteiger partial charge in [-0.15, -0.1) is 0 Å². The summed E-state index contributed by atoms with van der Waals surface area (Å²) in [6, 6.07) is 21.7. The highest BCUT2D eigenvalue weighted by Gasteiger charge is 2.39. The van der Waals surface area contributed by atoms with Crippen LogP contribution < -0.4 is 15.0 Å². The number of carbonyl (C=O) groups excluding carboxylic acids is 2. The maximum Gasteiger partial charge on any atom is 0.248 e. The van der Waals surface area contributed by atoms with E-state index in [4.69, 9.17) is 16.3 Å².